The minimum absolute atomic E-state index is 0.503. The van der Waals surface area contributed by atoms with Crippen LogP contribution < -0.4 is 0 Å². The van der Waals surface area contributed by atoms with Gasteiger partial charge in [0, 0.05) is 22.7 Å². The summed E-state index contributed by atoms with van der Waals surface area (Å²) in [5.74, 6) is 1.69. The van der Waals surface area contributed by atoms with Gasteiger partial charge in [-0.3, -0.25) is 4.98 Å². The largest absolute Gasteiger partial charge is 0.456 e. The van der Waals surface area contributed by atoms with Crippen LogP contribution in [0.2, 0.25) is 0 Å². The molecule has 0 bridgehead atoms. The second kappa shape index (κ2) is 9.29. The lowest BCUT2D eigenvalue weighted by atomic mass is 10.00. The smallest absolute Gasteiger partial charge is 0.183 e. The summed E-state index contributed by atoms with van der Waals surface area (Å²) in [5, 5.41) is 8.86. The third-order valence-electron chi connectivity index (χ3n) is 8.13. The maximum absolute atomic E-state index is 6.33. The number of pyridine rings is 1. The van der Waals surface area contributed by atoms with Gasteiger partial charge in [-0.1, -0.05) is 103 Å². The molecule has 9 aromatic rings. The Hall–Kier alpha value is -5.94. The molecule has 3 heterocycles. The maximum Gasteiger partial charge on any atom is 0.183 e. The molecule has 0 unspecified atom stereocenters. The number of fused-ring (bicyclic) bond motifs is 7. The molecule has 0 spiro atoms. The molecule has 0 aliphatic heterocycles. The molecule has 9 rings (SSSR count). The Bertz CT molecular complexity index is 2520. The van der Waals surface area contributed by atoms with E-state index in [1.165, 1.54) is 16.2 Å². The molecule has 3 aromatic heterocycles. The summed E-state index contributed by atoms with van der Waals surface area (Å²) in [5.41, 5.74) is 4.05. The minimum Gasteiger partial charge on any atom is -0.456 e. The van der Waals surface area contributed by atoms with Crippen molar-refractivity contribution in [3.05, 3.63) is 134 Å². The number of furan rings is 1. The molecule has 0 fully saturated rings. The van der Waals surface area contributed by atoms with Gasteiger partial charge in [0.25, 0.3) is 0 Å². The fraction of sp³-hybridized carbons (Fsp3) is 0. The third kappa shape index (κ3) is 3.86. The van der Waals surface area contributed by atoms with Crippen LogP contribution in [0, 0.1) is 0 Å². The molecule has 0 radical (unpaired) electrons. The zero-order valence-electron chi connectivity index (χ0n) is 22.9. The van der Waals surface area contributed by atoms with E-state index >= 15 is 0 Å². The van der Waals surface area contributed by atoms with Crippen molar-refractivity contribution in [2.75, 3.05) is 0 Å². The van der Waals surface area contributed by atoms with Gasteiger partial charge in [-0.2, -0.15) is 0 Å². The van der Waals surface area contributed by atoms with Crippen molar-refractivity contribution in [1.29, 1.82) is 0 Å². The summed E-state index contributed by atoms with van der Waals surface area (Å²) in [6.45, 7) is 0. The first-order valence-electron chi connectivity index (χ1n) is 14.2. The first-order valence-corrected chi connectivity index (χ1v) is 14.2. The zero-order chi connectivity index (χ0) is 28.3. The number of benzene rings is 6. The number of rotatable bonds is 3. The highest BCUT2D eigenvalue weighted by atomic mass is 16.3. The lowest BCUT2D eigenvalue weighted by molar-refractivity contribution is 0.669. The topological polar surface area (TPSA) is 64.7 Å². The van der Waals surface area contributed by atoms with Crippen molar-refractivity contribution in [2.45, 2.75) is 0 Å². The van der Waals surface area contributed by atoms with Gasteiger partial charge in [0.15, 0.2) is 17.5 Å². The van der Waals surface area contributed by atoms with Crippen LogP contribution in [0.25, 0.3) is 88.5 Å². The SMILES string of the molecule is c1ccc(-c2nc(-c3ccc4ccc5ccccc5c4c3)nc(-c3nccc4oc5cc6ccccc6cc5c34)n2)cc1. The molecule has 0 atom stereocenters. The standard InChI is InChI=1S/C38H22N4O/c1-2-9-25(10-3-1)36-40-37(28-17-16-24-15-14-23-8-6-7-13-29(23)30(24)21-28)42-38(41-36)35-34-31-20-26-11-4-5-12-27(26)22-33(31)43-32(34)18-19-39-35/h1-22H. The molecule has 43 heavy (non-hydrogen) atoms. The van der Waals surface area contributed by atoms with Crippen LogP contribution in [-0.2, 0) is 0 Å². The van der Waals surface area contributed by atoms with Crippen molar-refractivity contribution in [3.8, 4) is 34.3 Å². The Labute approximate surface area is 246 Å². The van der Waals surface area contributed by atoms with Crippen LogP contribution in [0.4, 0.5) is 0 Å². The summed E-state index contributed by atoms with van der Waals surface area (Å²) >= 11 is 0. The van der Waals surface area contributed by atoms with Crippen LogP contribution in [0.3, 0.4) is 0 Å². The number of hydrogen-bond acceptors (Lipinski definition) is 5. The van der Waals surface area contributed by atoms with Gasteiger partial charge >= 0.3 is 0 Å². The zero-order valence-corrected chi connectivity index (χ0v) is 22.9. The van der Waals surface area contributed by atoms with Gasteiger partial charge in [-0.15, -0.1) is 0 Å². The molecule has 5 nitrogen and oxygen atoms in total. The Morgan fingerprint density at radius 3 is 1.91 bits per heavy atom. The molecule has 0 saturated carbocycles. The molecule has 200 valence electrons. The van der Waals surface area contributed by atoms with Crippen molar-refractivity contribution < 1.29 is 4.42 Å². The van der Waals surface area contributed by atoms with Crippen molar-refractivity contribution in [3.63, 3.8) is 0 Å². The van der Waals surface area contributed by atoms with Crippen LogP contribution in [0.5, 0.6) is 0 Å². The van der Waals surface area contributed by atoms with Crippen molar-refractivity contribution >= 4 is 54.3 Å². The van der Waals surface area contributed by atoms with E-state index in [-0.39, 0.29) is 0 Å². The third-order valence-corrected chi connectivity index (χ3v) is 8.13. The average molecular weight is 551 g/mol. The molecular formula is C38H22N4O. The van der Waals surface area contributed by atoms with Gasteiger partial charge in [0.2, 0.25) is 0 Å². The molecule has 6 aromatic carbocycles. The quantitative estimate of drug-likeness (QED) is 0.205. The van der Waals surface area contributed by atoms with E-state index in [2.05, 4.69) is 78.9 Å². The van der Waals surface area contributed by atoms with E-state index in [1.54, 1.807) is 6.20 Å². The van der Waals surface area contributed by atoms with E-state index in [4.69, 9.17) is 24.4 Å². The number of hydrogen-bond donors (Lipinski definition) is 0. The minimum atomic E-state index is 0.503. The highest BCUT2D eigenvalue weighted by Gasteiger charge is 2.19. The molecule has 0 N–H and O–H groups in total. The maximum atomic E-state index is 6.33. The van der Waals surface area contributed by atoms with Gasteiger partial charge in [0.05, 0.1) is 5.39 Å². The summed E-state index contributed by atoms with van der Waals surface area (Å²) in [6.07, 6.45) is 1.76. The summed E-state index contributed by atoms with van der Waals surface area (Å²) in [4.78, 5) is 19.9. The van der Waals surface area contributed by atoms with Crippen LogP contribution in [-0.4, -0.2) is 19.9 Å². The predicted molar refractivity (Wildman–Crippen MR) is 174 cm³/mol. The monoisotopic (exact) mass is 550 g/mol. The highest BCUT2D eigenvalue weighted by Crippen LogP contribution is 2.37. The second-order valence-electron chi connectivity index (χ2n) is 10.7. The molecule has 0 aliphatic carbocycles. The van der Waals surface area contributed by atoms with Crippen LogP contribution >= 0.6 is 0 Å². The molecule has 0 saturated heterocycles. The Morgan fingerprint density at radius 1 is 0.419 bits per heavy atom. The lowest BCUT2D eigenvalue weighted by Gasteiger charge is -2.10. The number of aromatic nitrogens is 4. The Kier molecular flexibility index (Phi) is 5.13. The van der Waals surface area contributed by atoms with Crippen molar-refractivity contribution in [2.24, 2.45) is 0 Å². The summed E-state index contributed by atoms with van der Waals surface area (Å²) in [7, 11) is 0. The van der Waals surface area contributed by atoms with E-state index < -0.39 is 0 Å². The van der Waals surface area contributed by atoms with E-state index in [0.717, 1.165) is 49.2 Å². The second-order valence-corrected chi connectivity index (χ2v) is 10.7. The fourth-order valence-corrected chi connectivity index (χ4v) is 6.05. The molecular weight excluding hydrogens is 528 g/mol. The first-order chi connectivity index (χ1) is 21.3. The Balaban J connectivity index is 1.32. The van der Waals surface area contributed by atoms with Gasteiger partial charge in [-0.05, 0) is 56.6 Å². The van der Waals surface area contributed by atoms with E-state index in [0.29, 0.717) is 23.2 Å². The van der Waals surface area contributed by atoms with Gasteiger partial charge in [-0.25, -0.2) is 15.0 Å². The normalized spacial score (nSPS) is 11.7. The summed E-state index contributed by atoms with van der Waals surface area (Å²) < 4.78 is 6.33. The van der Waals surface area contributed by atoms with Crippen LogP contribution in [0.1, 0.15) is 0 Å². The highest BCUT2D eigenvalue weighted by molar-refractivity contribution is 6.14. The summed E-state index contributed by atoms with van der Waals surface area (Å²) in [6, 6.07) is 43.6. The van der Waals surface area contributed by atoms with Gasteiger partial charge < -0.3 is 4.42 Å². The van der Waals surface area contributed by atoms with E-state index in [9.17, 15) is 0 Å². The fourth-order valence-electron chi connectivity index (χ4n) is 6.05. The van der Waals surface area contributed by atoms with Crippen LogP contribution in [0.15, 0.2) is 138 Å². The first kappa shape index (κ1) is 23.7. The number of nitrogens with zero attached hydrogens (tertiary/aromatic N) is 4. The van der Waals surface area contributed by atoms with Gasteiger partial charge in [0.1, 0.15) is 16.9 Å². The van der Waals surface area contributed by atoms with E-state index in [1.807, 2.05) is 48.5 Å². The molecule has 0 amide bonds. The Morgan fingerprint density at radius 2 is 1.07 bits per heavy atom. The lowest BCUT2D eigenvalue weighted by Crippen LogP contribution is -2.01. The molecule has 5 heteroatoms. The van der Waals surface area contributed by atoms with Crippen molar-refractivity contribution in [1.82, 2.24) is 19.9 Å². The average Bonchev–Trinajstić information content (AvgIpc) is 3.44. The predicted octanol–water partition coefficient (Wildman–Crippen LogP) is 9.63. The molecule has 0 aliphatic rings.